The van der Waals surface area contributed by atoms with Crippen LogP contribution in [0.2, 0.25) is 0 Å². The first kappa shape index (κ1) is 17.4. The summed E-state index contributed by atoms with van der Waals surface area (Å²) in [6, 6.07) is 2.22. The van der Waals surface area contributed by atoms with Crippen LogP contribution in [0.3, 0.4) is 0 Å². The van der Waals surface area contributed by atoms with E-state index >= 15 is 0 Å². The molecule has 1 saturated carbocycles. The van der Waals surface area contributed by atoms with Crippen molar-refractivity contribution in [1.82, 2.24) is 19.8 Å². The van der Waals surface area contributed by atoms with Crippen molar-refractivity contribution in [3.05, 3.63) is 23.8 Å². The Kier molecular flexibility index (Phi) is 4.58. The zero-order valence-electron chi connectivity index (χ0n) is 15.1. The summed E-state index contributed by atoms with van der Waals surface area (Å²) in [6.45, 7) is 7.87. The van der Waals surface area contributed by atoms with Gasteiger partial charge in [0.15, 0.2) is 9.84 Å². The molecule has 7 heteroatoms. The molecule has 4 rings (SSSR count). The fraction of sp³-hybridized carbons (Fsp3) is 0.778. The lowest BCUT2D eigenvalue weighted by Gasteiger charge is -2.44. The van der Waals surface area contributed by atoms with Crippen molar-refractivity contribution in [2.75, 3.05) is 31.1 Å². The van der Waals surface area contributed by atoms with Gasteiger partial charge in [-0.25, -0.2) is 18.4 Å². The highest BCUT2D eigenvalue weighted by molar-refractivity contribution is 7.91. The van der Waals surface area contributed by atoms with E-state index in [4.69, 9.17) is 0 Å². The Hall–Kier alpha value is -1.05. The van der Waals surface area contributed by atoms with Gasteiger partial charge in [0.1, 0.15) is 5.82 Å². The van der Waals surface area contributed by atoms with E-state index in [1.807, 2.05) is 12.3 Å². The van der Waals surface area contributed by atoms with Crippen molar-refractivity contribution in [2.45, 2.75) is 51.2 Å². The molecule has 3 heterocycles. The Morgan fingerprint density at radius 3 is 2.52 bits per heavy atom. The number of hydrogen-bond donors (Lipinski definition) is 0. The molecule has 0 radical (unpaired) electrons. The maximum absolute atomic E-state index is 12.3. The van der Waals surface area contributed by atoms with Crippen LogP contribution < -0.4 is 0 Å². The van der Waals surface area contributed by atoms with Crippen molar-refractivity contribution >= 4 is 9.84 Å². The minimum absolute atomic E-state index is 0.106. The van der Waals surface area contributed by atoms with E-state index in [1.165, 1.54) is 12.8 Å². The van der Waals surface area contributed by atoms with Gasteiger partial charge in [0, 0.05) is 50.4 Å². The van der Waals surface area contributed by atoms with Crippen molar-refractivity contribution in [2.24, 2.45) is 5.92 Å². The van der Waals surface area contributed by atoms with Crippen LogP contribution in [-0.4, -0.2) is 71.4 Å². The second-order valence-corrected chi connectivity index (χ2v) is 10.3. The Morgan fingerprint density at radius 1 is 1.16 bits per heavy atom. The highest BCUT2D eigenvalue weighted by Gasteiger charge is 2.47. The molecule has 0 amide bonds. The van der Waals surface area contributed by atoms with Crippen LogP contribution in [0.1, 0.15) is 44.1 Å². The maximum atomic E-state index is 12.3. The third kappa shape index (κ3) is 3.88. The smallest absolute Gasteiger partial charge is 0.153 e. The average molecular weight is 365 g/mol. The summed E-state index contributed by atoms with van der Waals surface area (Å²) in [5.74, 6) is 2.57. The van der Waals surface area contributed by atoms with Crippen LogP contribution in [0.4, 0.5) is 0 Å². The minimum atomic E-state index is -2.94. The van der Waals surface area contributed by atoms with Gasteiger partial charge < -0.3 is 0 Å². The first-order chi connectivity index (χ1) is 11.9. The molecule has 0 spiro atoms. The fourth-order valence-corrected chi connectivity index (χ4v) is 6.18. The van der Waals surface area contributed by atoms with Gasteiger partial charge in [-0.15, -0.1) is 0 Å². The summed E-state index contributed by atoms with van der Waals surface area (Å²) in [5, 5.41) is 0. The van der Waals surface area contributed by atoms with Crippen LogP contribution in [0, 0.1) is 5.92 Å². The molecule has 138 valence electrons. The average Bonchev–Trinajstić information content (AvgIpc) is 3.30. The van der Waals surface area contributed by atoms with E-state index in [0.29, 0.717) is 17.4 Å². The van der Waals surface area contributed by atoms with Crippen molar-refractivity contribution in [1.29, 1.82) is 0 Å². The van der Waals surface area contributed by atoms with E-state index in [2.05, 4.69) is 33.6 Å². The molecule has 6 nitrogen and oxygen atoms in total. The Morgan fingerprint density at radius 2 is 1.84 bits per heavy atom. The van der Waals surface area contributed by atoms with Gasteiger partial charge in [-0.2, -0.15) is 0 Å². The van der Waals surface area contributed by atoms with Gasteiger partial charge >= 0.3 is 0 Å². The molecular formula is C18H28N4O2S. The molecule has 1 aromatic heterocycles. The predicted octanol–water partition coefficient (Wildman–Crippen LogP) is 1.29. The van der Waals surface area contributed by atoms with Crippen LogP contribution in [0.25, 0.3) is 0 Å². The summed E-state index contributed by atoms with van der Waals surface area (Å²) in [5.41, 5.74) is 0.998. The van der Waals surface area contributed by atoms with E-state index in [1.54, 1.807) is 0 Å². The van der Waals surface area contributed by atoms with E-state index in [-0.39, 0.29) is 12.1 Å². The monoisotopic (exact) mass is 364 g/mol. The lowest BCUT2D eigenvalue weighted by molar-refractivity contribution is 0.0368. The van der Waals surface area contributed by atoms with Crippen molar-refractivity contribution in [3.8, 4) is 0 Å². The normalized spacial score (nSPS) is 29.9. The molecule has 1 aliphatic carbocycles. The van der Waals surface area contributed by atoms with Gasteiger partial charge in [-0.05, 0) is 24.8 Å². The van der Waals surface area contributed by atoms with E-state index in [0.717, 1.165) is 43.6 Å². The molecule has 2 atom stereocenters. The van der Waals surface area contributed by atoms with Crippen molar-refractivity contribution in [3.63, 3.8) is 0 Å². The highest BCUT2D eigenvalue weighted by atomic mass is 32.2. The lowest BCUT2D eigenvalue weighted by Crippen LogP contribution is -2.59. The number of aromatic nitrogens is 2. The van der Waals surface area contributed by atoms with Crippen LogP contribution in [-0.2, 0) is 16.4 Å². The molecule has 0 bridgehead atoms. The van der Waals surface area contributed by atoms with Gasteiger partial charge in [0.05, 0.1) is 17.2 Å². The van der Waals surface area contributed by atoms with Gasteiger partial charge in [-0.1, -0.05) is 13.8 Å². The second-order valence-electron chi connectivity index (χ2n) is 8.18. The molecule has 0 N–H and O–H groups in total. The molecule has 2 saturated heterocycles. The highest BCUT2D eigenvalue weighted by Crippen LogP contribution is 2.34. The zero-order valence-corrected chi connectivity index (χ0v) is 16.0. The third-order valence-corrected chi connectivity index (χ3v) is 7.41. The first-order valence-electron chi connectivity index (χ1n) is 9.41. The van der Waals surface area contributed by atoms with Gasteiger partial charge in [-0.3, -0.25) is 9.80 Å². The zero-order chi connectivity index (χ0) is 17.6. The molecule has 3 aliphatic rings. The van der Waals surface area contributed by atoms with Crippen LogP contribution >= 0.6 is 0 Å². The maximum Gasteiger partial charge on any atom is 0.153 e. The summed E-state index contributed by atoms with van der Waals surface area (Å²) in [6.07, 6.45) is 4.44. The summed E-state index contributed by atoms with van der Waals surface area (Å²) >= 11 is 0. The van der Waals surface area contributed by atoms with E-state index < -0.39 is 9.84 Å². The topological polar surface area (TPSA) is 66.4 Å². The lowest BCUT2D eigenvalue weighted by atomic mass is 10.0. The second kappa shape index (κ2) is 6.59. The standard InChI is InChI=1S/C18H28N4O2S/c1-13(2)18-19-6-5-15(20-18)10-22-8-7-21(9-14-3-4-14)16-11-25(23,24)12-17(16)22/h5-6,13-14,16-17H,3-4,7-12H2,1-2H3/t16-,17+/m1/s1. The largest absolute Gasteiger partial charge is 0.296 e. The Bertz CT molecular complexity index is 732. The molecule has 1 aromatic rings. The fourth-order valence-electron chi connectivity index (χ4n) is 4.14. The SMILES string of the molecule is CC(C)c1nccc(CN2CCN(CC3CC3)[C@@H]3CS(=O)(=O)C[C@@H]32)n1. The van der Waals surface area contributed by atoms with Gasteiger partial charge in [0.25, 0.3) is 0 Å². The number of hydrogen-bond acceptors (Lipinski definition) is 6. The molecular weight excluding hydrogens is 336 g/mol. The summed E-state index contributed by atoms with van der Waals surface area (Å²) < 4.78 is 24.6. The van der Waals surface area contributed by atoms with Crippen LogP contribution in [0.5, 0.6) is 0 Å². The molecule has 0 unspecified atom stereocenters. The van der Waals surface area contributed by atoms with Gasteiger partial charge in [0.2, 0.25) is 0 Å². The quantitative estimate of drug-likeness (QED) is 0.784. The molecule has 3 fully saturated rings. The number of rotatable bonds is 5. The number of fused-ring (bicyclic) bond motifs is 1. The first-order valence-corrected chi connectivity index (χ1v) is 11.2. The summed E-state index contributed by atoms with van der Waals surface area (Å²) in [7, 11) is -2.94. The van der Waals surface area contributed by atoms with E-state index in [9.17, 15) is 8.42 Å². The van der Waals surface area contributed by atoms with Crippen molar-refractivity contribution < 1.29 is 8.42 Å². The molecule has 2 aliphatic heterocycles. The number of sulfone groups is 1. The Labute approximate surface area is 150 Å². The van der Waals surface area contributed by atoms with Crippen LogP contribution in [0.15, 0.2) is 12.3 Å². The molecule has 0 aromatic carbocycles. The third-order valence-electron chi connectivity index (χ3n) is 5.71. The minimum Gasteiger partial charge on any atom is -0.296 e. The summed E-state index contributed by atoms with van der Waals surface area (Å²) in [4.78, 5) is 13.8. The predicted molar refractivity (Wildman–Crippen MR) is 97.1 cm³/mol. The number of piperazine rings is 1. The Balaban J connectivity index is 1.51. The molecule has 25 heavy (non-hydrogen) atoms. The number of nitrogens with zero attached hydrogens (tertiary/aromatic N) is 4.